The molecule has 1 fully saturated rings. The van der Waals surface area contributed by atoms with Gasteiger partial charge in [0.05, 0.1) is 5.69 Å². The van der Waals surface area contributed by atoms with Crippen molar-refractivity contribution in [3.63, 3.8) is 0 Å². The van der Waals surface area contributed by atoms with E-state index < -0.39 is 0 Å². The Hall–Kier alpha value is -1.81. The number of nitrogens with one attached hydrogen (secondary N) is 1. The van der Waals surface area contributed by atoms with Crippen molar-refractivity contribution in [2.24, 2.45) is 0 Å². The highest BCUT2D eigenvalue weighted by Gasteiger charge is 2.22. The molecule has 4 nitrogen and oxygen atoms in total. The SMILES string of the molecule is c1ccc(N2CCC(NCc3cocn3)C2)cc1. The second-order valence-electron chi connectivity index (χ2n) is 4.63. The van der Waals surface area contributed by atoms with Crippen molar-refractivity contribution in [1.82, 2.24) is 10.3 Å². The average molecular weight is 243 g/mol. The van der Waals surface area contributed by atoms with Gasteiger partial charge in [0.2, 0.25) is 0 Å². The molecule has 18 heavy (non-hydrogen) atoms. The quantitative estimate of drug-likeness (QED) is 0.892. The molecule has 1 aromatic heterocycles. The largest absolute Gasteiger partial charge is 0.451 e. The minimum Gasteiger partial charge on any atom is -0.451 e. The van der Waals surface area contributed by atoms with E-state index >= 15 is 0 Å². The molecule has 0 amide bonds. The van der Waals surface area contributed by atoms with E-state index in [0.717, 1.165) is 25.3 Å². The van der Waals surface area contributed by atoms with Gasteiger partial charge >= 0.3 is 0 Å². The van der Waals surface area contributed by atoms with E-state index in [1.807, 2.05) is 0 Å². The predicted octanol–water partition coefficient (Wildman–Crippen LogP) is 2.04. The minimum atomic E-state index is 0.530. The molecule has 0 aliphatic carbocycles. The number of oxazole rings is 1. The molecule has 94 valence electrons. The van der Waals surface area contributed by atoms with Gasteiger partial charge in [-0.05, 0) is 18.6 Å². The number of aromatic nitrogens is 1. The van der Waals surface area contributed by atoms with Crippen molar-refractivity contribution in [2.45, 2.75) is 19.0 Å². The molecule has 4 heteroatoms. The first-order chi connectivity index (χ1) is 8.92. The third kappa shape index (κ3) is 2.54. The van der Waals surface area contributed by atoms with Gasteiger partial charge in [0.25, 0.3) is 0 Å². The van der Waals surface area contributed by atoms with Crippen molar-refractivity contribution in [1.29, 1.82) is 0 Å². The highest BCUT2D eigenvalue weighted by Crippen LogP contribution is 2.19. The maximum atomic E-state index is 4.96. The zero-order chi connectivity index (χ0) is 12.2. The molecule has 1 aliphatic rings. The van der Waals surface area contributed by atoms with Crippen LogP contribution < -0.4 is 10.2 Å². The van der Waals surface area contributed by atoms with Crippen LogP contribution >= 0.6 is 0 Å². The fourth-order valence-corrected chi connectivity index (χ4v) is 2.37. The third-order valence-electron chi connectivity index (χ3n) is 3.36. The molecular formula is C14H17N3O. The average Bonchev–Trinajstić information content (AvgIpc) is 3.09. The molecule has 0 saturated carbocycles. The summed E-state index contributed by atoms with van der Waals surface area (Å²) in [5, 5.41) is 3.52. The predicted molar refractivity (Wildman–Crippen MR) is 70.4 cm³/mol. The topological polar surface area (TPSA) is 41.3 Å². The van der Waals surface area contributed by atoms with Crippen molar-refractivity contribution in [3.8, 4) is 0 Å². The smallest absolute Gasteiger partial charge is 0.180 e. The van der Waals surface area contributed by atoms with Gasteiger partial charge in [-0.25, -0.2) is 4.98 Å². The van der Waals surface area contributed by atoms with Gasteiger partial charge in [0, 0.05) is 31.4 Å². The van der Waals surface area contributed by atoms with E-state index in [1.54, 1.807) is 6.26 Å². The Morgan fingerprint density at radius 1 is 1.33 bits per heavy atom. The lowest BCUT2D eigenvalue weighted by atomic mass is 10.2. The molecule has 1 aromatic carbocycles. The van der Waals surface area contributed by atoms with E-state index in [4.69, 9.17) is 4.42 Å². The lowest BCUT2D eigenvalue weighted by molar-refractivity contribution is 0.536. The highest BCUT2D eigenvalue weighted by atomic mass is 16.3. The molecule has 2 heterocycles. The summed E-state index contributed by atoms with van der Waals surface area (Å²) >= 11 is 0. The molecule has 0 spiro atoms. The van der Waals surface area contributed by atoms with Crippen molar-refractivity contribution < 1.29 is 4.42 Å². The van der Waals surface area contributed by atoms with Crippen molar-refractivity contribution in [3.05, 3.63) is 48.7 Å². The van der Waals surface area contributed by atoms with Crippen LogP contribution in [0, 0.1) is 0 Å². The van der Waals surface area contributed by atoms with Crippen molar-refractivity contribution in [2.75, 3.05) is 18.0 Å². The fraction of sp³-hybridized carbons (Fsp3) is 0.357. The fourth-order valence-electron chi connectivity index (χ4n) is 2.37. The van der Waals surface area contributed by atoms with Crippen LogP contribution in [0.2, 0.25) is 0 Å². The van der Waals surface area contributed by atoms with Crippen LogP contribution in [0.15, 0.2) is 47.4 Å². The number of hydrogen-bond acceptors (Lipinski definition) is 4. The molecule has 3 rings (SSSR count). The first-order valence-corrected chi connectivity index (χ1v) is 6.32. The third-order valence-corrected chi connectivity index (χ3v) is 3.36. The number of nitrogens with zero attached hydrogens (tertiary/aromatic N) is 2. The maximum absolute atomic E-state index is 4.96. The molecular weight excluding hydrogens is 226 g/mol. The number of anilines is 1. The van der Waals surface area contributed by atoms with E-state index in [0.29, 0.717) is 6.04 Å². The van der Waals surface area contributed by atoms with Gasteiger partial charge in [-0.1, -0.05) is 18.2 Å². The van der Waals surface area contributed by atoms with Crippen LogP contribution in [0.3, 0.4) is 0 Å². The number of para-hydroxylation sites is 1. The molecule has 1 unspecified atom stereocenters. The number of hydrogen-bond donors (Lipinski definition) is 1. The maximum Gasteiger partial charge on any atom is 0.180 e. The summed E-state index contributed by atoms with van der Waals surface area (Å²) in [6, 6.07) is 11.1. The Balaban J connectivity index is 1.53. The normalized spacial score (nSPS) is 19.3. The standard InChI is InChI=1S/C14H17N3O/c1-2-4-14(5-3-1)17-7-6-12(9-17)15-8-13-10-18-11-16-13/h1-5,10-12,15H,6-9H2. The summed E-state index contributed by atoms with van der Waals surface area (Å²) in [5.74, 6) is 0. The van der Waals surface area contributed by atoms with Crippen LogP contribution in [0.4, 0.5) is 5.69 Å². The van der Waals surface area contributed by atoms with E-state index in [1.165, 1.54) is 18.5 Å². The van der Waals surface area contributed by atoms with Gasteiger partial charge in [-0.15, -0.1) is 0 Å². The zero-order valence-corrected chi connectivity index (χ0v) is 10.2. The molecule has 1 N–H and O–H groups in total. The molecule has 1 aliphatic heterocycles. The number of benzene rings is 1. The summed E-state index contributed by atoms with van der Waals surface area (Å²) in [4.78, 5) is 6.53. The summed E-state index contributed by atoms with van der Waals surface area (Å²) in [6.07, 6.45) is 4.34. The molecule has 0 bridgehead atoms. The molecule has 1 atom stereocenters. The lowest BCUT2D eigenvalue weighted by Crippen LogP contribution is -2.32. The Morgan fingerprint density at radius 2 is 2.22 bits per heavy atom. The first-order valence-electron chi connectivity index (χ1n) is 6.32. The lowest BCUT2D eigenvalue weighted by Gasteiger charge is -2.18. The second-order valence-corrected chi connectivity index (χ2v) is 4.63. The Kier molecular flexibility index (Phi) is 3.28. The van der Waals surface area contributed by atoms with E-state index in [2.05, 4.69) is 45.5 Å². The van der Waals surface area contributed by atoms with E-state index in [9.17, 15) is 0 Å². The van der Waals surface area contributed by atoms with Gasteiger partial charge in [0.1, 0.15) is 6.26 Å². The van der Waals surface area contributed by atoms with Gasteiger partial charge in [0.15, 0.2) is 6.39 Å². The second kappa shape index (κ2) is 5.23. The van der Waals surface area contributed by atoms with E-state index in [-0.39, 0.29) is 0 Å². The van der Waals surface area contributed by atoms with Crippen LogP contribution in [-0.4, -0.2) is 24.1 Å². The summed E-state index contributed by atoms with van der Waals surface area (Å²) in [5.41, 5.74) is 2.27. The zero-order valence-electron chi connectivity index (χ0n) is 10.2. The van der Waals surface area contributed by atoms with Crippen molar-refractivity contribution >= 4 is 5.69 Å². The number of rotatable bonds is 4. The highest BCUT2D eigenvalue weighted by molar-refractivity contribution is 5.47. The molecule has 1 saturated heterocycles. The summed E-state index contributed by atoms with van der Waals surface area (Å²) in [6.45, 7) is 2.95. The first kappa shape index (κ1) is 11.3. The van der Waals surface area contributed by atoms with Crippen LogP contribution in [0.5, 0.6) is 0 Å². The minimum absolute atomic E-state index is 0.530. The summed E-state index contributed by atoms with van der Waals surface area (Å²) < 4.78 is 4.96. The Morgan fingerprint density at radius 3 is 3.00 bits per heavy atom. The molecule has 0 radical (unpaired) electrons. The van der Waals surface area contributed by atoms with Gasteiger partial charge in [-0.3, -0.25) is 0 Å². The van der Waals surface area contributed by atoms with Crippen LogP contribution in [0.25, 0.3) is 0 Å². The van der Waals surface area contributed by atoms with Gasteiger partial charge < -0.3 is 14.6 Å². The molecule has 2 aromatic rings. The Bertz CT molecular complexity index is 469. The van der Waals surface area contributed by atoms with Gasteiger partial charge in [-0.2, -0.15) is 0 Å². The Labute approximate surface area is 107 Å². The summed E-state index contributed by atoms with van der Waals surface area (Å²) in [7, 11) is 0. The monoisotopic (exact) mass is 243 g/mol. The van der Waals surface area contributed by atoms with Crippen LogP contribution in [-0.2, 0) is 6.54 Å². The van der Waals surface area contributed by atoms with Crippen LogP contribution in [0.1, 0.15) is 12.1 Å².